The van der Waals surface area contributed by atoms with E-state index in [0.29, 0.717) is 10.0 Å². The predicted molar refractivity (Wildman–Crippen MR) is 113 cm³/mol. The van der Waals surface area contributed by atoms with Gasteiger partial charge >= 0.3 is 12.1 Å². The lowest BCUT2D eigenvalue weighted by molar-refractivity contribution is -0.139. The van der Waals surface area contributed by atoms with Crippen LogP contribution in [0.25, 0.3) is 11.1 Å². The number of amides is 1. The summed E-state index contributed by atoms with van der Waals surface area (Å²) in [4.78, 5) is 24.1. The van der Waals surface area contributed by atoms with Gasteiger partial charge in [-0.05, 0) is 33.9 Å². The van der Waals surface area contributed by atoms with Crippen molar-refractivity contribution in [2.45, 2.75) is 12.0 Å². The quantitative estimate of drug-likeness (QED) is 0.564. The molecule has 1 amide bonds. The molecule has 1 aliphatic carbocycles. The zero-order chi connectivity index (χ0) is 20.4. The van der Waals surface area contributed by atoms with E-state index in [2.05, 4.69) is 33.4 Å². The van der Waals surface area contributed by atoms with Crippen LogP contribution < -0.4 is 5.32 Å². The number of carbonyl (C=O) groups is 2. The van der Waals surface area contributed by atoms with Gasteiger partial charge in [-0.3, -0.25) is 0 Å². The number of nitrogens with one attached hydrogen (secondary N) is 1. The summed E-state index contributed by atoms with van der Waals surface area (Å²) >= 11 is 3.33. The first kappa shape index (κ1) is 19.2. The molecule has 0 fully saturated rings. The highest BCUT2D eigenvalue weighted by Crippen LogP contribution is 2.44. The minimum Gasteiger partial charge on any atom is -0.479 e. The van der Waals surface area contributed by atoms with Gasteiger partial charge in [0.2, 0.25) is 0 Å². The molecule has 0 aliphatic heterocycles. The van der Waals surface area contributed by atoms with Crippen molar-refractivity contribution < 1.29 is 19.4 Å². The molecule has 0 bridgehead atoms. The van der Waals surface area contributed by atoms with Gasteiger partial charge in [-0.25, -0.2) is 9.59 Å². The molecule has 0 spiro atoms. The summed E-state index contributed by atoms with van der Waals surface area (Å²) in [5.74, 6) is -1.25. The van der Waals surface area contributed by atoms with Crippen molar-refractivity contribution in [2.75, 3.05) is 6.61 Å². The summed E-state index contributed by atoms with van der Waals surface area (Å²) in [7, 11) is 0. The Hall–Kier alpha value is -3.12. The number of aliphatic carboxylic acids is 1. The molecular weight excluding hydrogens is 434 g/mol. The van der Waals surface area contributed by atoms with Crippen molar-refractivity contribution in [1.29, 1.82) is 0 Å². The topological polar surface area (TPSA) is 75.6 Å². The second-order valence-corrected chi connectivity index (χ2v) is 7.62. The van der Waals surface area contributed by atoms with Crippen molar-refractivity contribution in [3.8, 4) is 11.1 Å². The first-order valence-electron chi connectivity index (χ1n) is 9.15. The van der Waals surface area contributed by atoms with Gasteiger partial charge in [0.05, 0.1) is 0 Å². The molecule has 3 aromatic carbocycles. The molecule has 3 aromatic rings. The lowest BCUT2D eigenvalue weighted by Crippen LogP contribution is -2.35. The fraction of sp³-hybridized carbons (Fsp3) is 0.130. The van der Waals surface area contributed by atoms with Gasteiger partial charge in [-0.1, -0.05) is 82.7 Å². The number of hydrogen-bond donors (Lipinski definition) is 2. The number of halogens is 1. The van der Waals surface area contributed by atoms with Crippen LogP contribution in [0.15, 0.2) is 77.3 Å². The summed E-state index contributed by atoms with van der Waals surface area (Å²) in [6.45, 7) is 0.127. The van der Waals surface area contributed by atoms with E-state index in [1.807, 2.05) is 36.4 Å². The second kappa shape index (κ2) is 8.09. The van der Waals surface area contributed by atoms with Crippen molar-refractivity contribution in [1.82, 2.24) is 5.32 Å². The number of alkyl carbamates (subject to hydrolysis) is 1. The number of hydrogen-bond acceptors (Lipinski definition) is 3. The summed E-state index contributed by atoms with van der Waals surface area (Å²) in [5, 5.41) is 12.0. The Morgan fingerprint density at radius 3 is 2.07 bits per heavy atom. The predicted octanol–water partition coefficient (Wildman–Crippen LogP) is 5.11. The standard InChI is InChI=1S/C23H18BrNO4/c24-20-12-6-5-11-18(20)21(22(26)27)25-23(28)29-13-19-16-9-3-1-7-14(16)15-8-2-4-10-17(15)19/h1-12,19,21H,13H2,(H,25,28)(H,26,27). The maximum absolute atomic E-state index is 12.4. The highest BCUT2D eigenvalue weighted by molar-refractivity contribution is 9.10. The summed E-state index contributed by atoms with van der Waals surface area (Å²) in [6, 6.07) is 21.7. The Kier molecular flexibility index (Phi) is 5.36. The van der Waals surface area contributed by atoms with Gasteiger partial charge < -0.3 is 15.2 Å². The lowest BCUT2D eigenvalue weighted by Gasteiger charge is -2.18. The number of fused-ring (bicyclic) bond motifs is 3. The second-order valence-electron chi connectivity index (χ2n) is 6.76. The van der Waals surface area contributed by atoms with E-state index in [9.17, 15) is 14.7 Å². The SMILES string of the molecule is O=C(NC(C(=O)O)c1ccccc1Br)OCC1c2ccccc2-c2ccccc21. The van der Waals surface area contributed by atoms with Crippen LogP contribution in [0.4, 0.5) is 4.79 Å². The van der Waals surface area contributed by atoms with Crippen LogP contribution in [-0.2, 0) is 9.53 Å². The number of benzene rings is 3. The Morgan fingerprint density at radius 1 is 0.931 bits per heavy atom. The molecular formula is C23H18BrNO4. The zero-order valence-electron chi connectivity index (χ0n) is 15.3. The Bertz CT molecular complexity index is 1040. The van der Waals surface area contributed by atoms with Crippen LogP contribution in [0.5, 0.6) is 0 Å². The van der Waals surface area contributed by atoms with E-state index in [0.717, 1.165) is 22.3 Å². The maximum Gasteiger partial charge on any atom is 0.408 e. The summed E-state index contributed by atoms with van der Waals surface area (Å²) < 4.78 is 6.06. The Morgan fingerprint density at radius 2 is 1.48 bits per heavy atom. The van der Waals surface area contributed by atoms with Gasteiger partial charge in [0, 0.05) is 10.4 Å². The first-order chi connectivity index (χ1) is 14.1. The number of carbonyl (C=O) groups excluding carboxylic acids is 1. The van der Waals surface area contributed by atoms with Gasteiger partial charge in [-0.2, -0.15) is 0 Å². The summed E-state index contributed by atoms with van der Waals surface area (Å²) in [6.07, 6.45) is -0.769. The number of carboxylic acid groups (broad SMARTS) is 1. The fourth-order valence-corrected chi connectivity index (χ4v) is 4.25. The van der Waals surface area contributed by atoms with Crippen LogP contribution in [0.2, 0.25) is 0 Å². The molecule has 2 N–H and O–H groups in total. The molecule has 0 saturated heterocycles. The summed E-state index contributed by atoms with van der Waals surface area (Å²) in [5.41, 5.74) is 4.92. The van der Waals surface area contributed by atoms with Crippen LogP contribution in [0.3, 0.4) is 0 Å². The van der Waals surface area contributed by atoms with E-state index in [4.69, 9.17) is 4.74 Å². The van der Waals surface area contributed by atoms with Crippen molar-refractivity contribution >= 4 is 28.0 Å². The van der Waals surface area contributed by atoms with Gasteiger partial charge in [0.1, 0.15) is 6.61 Å². The average molecular weight is 452 g/mol. The first-order valence-corrected chi connectivity index (χ1v) is 9.94. The van der Waals surface area contributed by atoms with E-state index >= 15 is 0 Å². The average Bonchev–Trinajstić information content (AvgIpc) is 3.05. The largest absolute Gasteiger partial charge is 0.479 e. The van der Waals surface area contributed by atoms with Crippen molar-refractivity contribution in [3.63, 3.8) is 0 Å². The van der Waals surface area contributed by atoms with Gasteiger partial charge in [0.25, 0.3) is 0 Å². The zero-order valence-corrected chi connectivity index (χ0v) is 16.9. The van der Waals surface area contributed by atoms with Crippen LogP contribution in [-0.4, -0.2) is 23.8 Å². The van der Waals surface area contributed by atoms with Crippen LogP contribution in [0, 0.1) is 0 Å². The van der Waals surface area contributed by atoms with Crippen molar-refractivity contribution in [3.05, 3.63) is 94.0 Å². The van der Waals surface area contributed by atoms with Crippen molar-refractivity contribution in [2.24, 2.45) is 0 Å². The molecule has 0 aromatic heterocycles. The van der Waals surface area contributed by atoms with Gasteiger partial charge in [-0.15, -0.1) is 0 Å². The third kappa shape index (κ3) is 3.76. The molecule has 1 atom stereocenters. The molecule has 4 rings (SSSR count). The molecule has 1 aliphatic rings. The minimum atomic E-state index is -1.21. The van der Waals surface area contributed by atoms with E-state index < -0.39 is 18.1 Å². The number of rotatable bonds is 5. The Balaban J connectivity index is 1.50. The smallest absolute Gasteiger partial charge is 0.408 e. The molecule has 146 valence electrons. The lowest BCUT2D eigenvalue weighted by atomic mass is 9.98. The van der Waals surface area contributed by atoms with E-state index in [1.54, 1.807) is 24.3 Å². The molecule has 29 heavy (non-hydrogen) atoms. The molecule has 1 unspecified atom stereocenters. The maximum atomic E-state index is 12.4. The van der Waals surface area contributed by atoms with Crippen LogP contribution >= 0.6 is 15.9 Å². The van der Waals surface area contributed by atoms with Crippen LogP contribution in [0.1, 0.15) is 28.7 Å². The normalized spacial score (nSPS) is 13.3. The third-order valence-corrected chi connectivity index (χ3v) is 5.79. The molecule has 0 heterocycles. The molecule has 5 nitrogen and oxygen atoms in total. The monoisotopic (exact) mass is 451 g/mol. The highest BCUT2D eigenvalue weighted by atomic mass is 79.9. The molecule has 6 heteroatoms. The van der Waals surface area contributed by atoms with E-state index in [1.165, 1.54) is 0 Å². The third-order valence-electron chi connectivity index (χ3n) is 5.07. The number of carboxylic acids is 1. The highest BCUT2D eigenvalue weighted by Gasteiger charge is 2.30. The number of ether oxygens (including phenoxy) is 1. The van der Waals surface area contributed by atoms with Gasteiger partial charge in [0.15, 0.2) is 6.04 Å². The molecule has 0 saturated carbocycles. The molecule has 0 radical (unpaired) electrons. The fourth-order valence-electron chi connectivity index (χ4n) is 3.74. The minimum absolute atomic E-state index is 0.0834. The Labute approximate surface area is 176 Å². The van der Waals surface area contributed by atoms with E-state index in [-0.39, 0.29) is 12.5 Å².